The van der Waals surface area contributed by atoms with Crippen molar-refractivity contribution in [3.8, 4) is 0 Å². The predicted octanol–water partition coefficient (Wildman–Crippen LogP) is 3.10. The minimum absolute atomic E-state index is 0.639. The largest absolute Gasteiger partial charge is 0.329 e. The van der Waals surface area contributed by atoms with Gasteiger partial charge in [-0.25, -0.2) is 0 Å². The van der Waals surface area contributed by atoms with Crippen LogP contribution in [-0.4, -0.2) is 28.0 Å². The smallest absolute Gasteiger partial charge is 0.0544 e. The average molecular weight is 300 g/mol. The van der Waals surface area contributed by atoms with Crippen LogP contribution in [0.15, 0.2) is 48.8 Å². The first-order valence-electron chi connectivity index (χ1n) is 7.84. The Morgan fingerprint density at radius 1 is 0.909 bits per heavy atom. The van der Waals surface area contributed by atoms with Crippen LogP contribution in [0.25, 0.3) is 0 Å². The number of pyridine rings is 2. The van der Waals surface area contributed by atoms with E-state index in [1.54, 1.807) is 0 Å². The molecule has 0 aliphatic carbocycles. The SMILES string of the molecule is CC(C)C.NCCN(Cc1ccccn1)Cc1ccccn1. The van der Waals surface area contributed by atoms with Crippen molar-refractivity contribution in [2.75, 3.05) is 13.1 Å². The molecule has 2 aromatic heterocycles. The third-order valence-electron chi connectivity index (χ3n) is 2.67. The van der Waals surface area contributed by atoms with Crippen molar-refractivity contribution in [2.24, 2.45) is 11.7 Å². The fourth-order valence-corrected chi connectivity index (χ4v) is 1.84. The van der Waals surface area contributed by atoms with E-state index in [4.69, 9.17) is 5.73 Å². The molecule has 0 saturated carbocycles. The van der Waals surface area contributed by atoms with Crippen LogP contribution in [0, 0.1) is 5.92 Å². The topological polar surface area (TPSA) is 55.0 Å². The van der Waals surface area contributed by atoms with E-state index < -0.39 is 0 Å². The van der Waals surface area contributed by atoms with Crippen molar-refractivity contribution in [2.45, 2.75) is 33.9 Å². The molecule has 2 aromatic rings. The summed E-state index contributed by atoms with van der Waals surface area (Å²) in [4.78, 5) is 10.9. The molecule has 0 fully saturated rings. The lowest BCUT2D eigenvalue weighted by Crippen LogP contribution is -2.29. The number of rotatable bonds is 6. The molecule has 0 atom stereocenters. The molecule has 120 valence electrons. The van der Waals surface area contributed by atoms with Crippen molar-refractivity contribution < 1.29 is 0 Å². The van der Waals surface area contributed by atoms with Gasteiger partial charge in [0.25, 0.3) is 0 Å². The third-order valence-corrected chi connectivity index (χ3v) is 2.67. The van der Waals surface area contributed by atoms with Crippen LogP contribution in [0.2, 0.25) is 0 Å². The molecule has 0 aliphatic rings. The first kappa shape index (κ1) is 18.3. The molecule has 2 rings (SSSR count). The van der Waals surface area contributed by atoms with E-state index in [2.05, 4.69) is 35.6 Å². The zero-order chi connectivity index (χ0) is 16.2. The summed E-state index contributed by atoms with van der Waals surface area (Å²) >= 11 is 0. The molecule has 0 unspecified atom stereocenters. The standard InChI is InChI=1S/C14H18N4.C4H10/c15-7-10-18(11-13-5-1-3-8-16-13)12-14-6-2-4-9-17-14;1-4(2)3/h1-6,8-9H,7,10-12,15H2;4H,1-3H3. The summed E-state index contributed by atoms with van der Waals surface area (Å²) in [5.41, 5.74) is 7.77. The van der Waals surface area contributed by atoms with E-state index >= 15 is 0 Å². The zero-order valence-electron chi connectivity index (χ0n) is 13.9. The van der Waals surface area contributed by atoms with Crippen LogP contribution in [0.4, 0.5) is 0 Å². The molecule has 0 aliphatic heterocycles. The van der Waals surface area contributed by atoms with E-state index in [9.17, 15) is 0 Å². The summed E-state index contributed by atoms with van der Waals surface area (Å²) in [6.07, 6.45) is 3.63. The number of hydrogen-bond donors (Lipinski definition) is 1. The van der Waals surface area contributed by atoms with Gasteiger partial charge < -0.3 is 5.73 Å². The van der Waals surface area contributed by atoms with Crippen LogP contribution in [0.5, 0.6) is 0 Å². The van der Waals surface area contributed by atoms with Crippen LogP contribution in [-0.2, 0) is 13.1 Å². The number of aromatic nitrogens is 2. The van der Waals surface area contributed by atoms with Crippen LogP contribution in [0.1, 0.15) is 32.2 Å². The summed E-state index contributed by atoms with van der Waals surface area (Å²) in [5, 5.41) is 0. The van der Waals surface area contributed by atoms with Gasteiger partial charge in [-0.05, 0) is 30.2 Å². The molecule has 0 radical (unpaired) electrons. The lowest BCUT2D eigenvalue weighted by atomic mass is 10.3. The highest BCUT2D eigenvalue weighted by Gasteiger charge is 2.07. The highest BCUT2D eigenvalue weighted by molar-refractivity contribution is 5.06. The summed E-state index contributed by atoms with van der Waals surface area (Å²) in [6, 6.07) is 11.9. The highest BCUT2D eigenvalue weighted by Crippen LogP contribution is 2.05. The van der Waals surface area contributed by atoms with Crippen LogP contribution < -0.4 is 5.73 Å². The van der Waals surface area contributed by atoms with Crippen LogP contribution in [0.3, 0.4) is 0 Å². The van der Waals surface area contributed by atoms with Gasteiger partial charge in [-0.3, -0.25) is 14.9 Å². The second kappa shape index (κ2) is 10.9. The molecule has 0 amide bonds. The van der Waals surface area contributed by atoms with Gasteiger partial charge in [0.1, 0.15) is 0 Å². The molecular weight excluding hydrogens is 272 g/mol. The molecular formula is C18H28N4. The van der Waals surface area contributed by atoms with E-state index in [0.29, 0.717) is 6.54 Å². The van der Waals surface area contributed by atoms with Gasteiger partial charge in [0.2, 0.25) is 0 Å². The van der Waals surface area contributed by atoms with Gasteiger partial charge in [0.15, 0.2) is 0 Å². The average Bonchev–Trinajstić information content (AvgIpc) is 2.49. The Labute approximate surface area is 134 Å². The monoisotopic (exact) mass is 300 g/mol. The van der Waals surface area contributed by atoms with Gasteiger partial charge in [0.05, 0.1) is 11.4 Å². The Balaban J connectivity index is 0.000000541. The van der Waals surface area contributed by atoms with E-state index in [1.165, 1.54) is 0 Å². The van der Waals surface area contributed by atoms with Crippen molar-refractivity contribution in [1.29, 1.82) is 0 Å². The summed E-state index contributed by atoms with van der Waals surface area (Å²) in [5.74, 6) is 0.833. The Bertz CT molecular complexity index is 441. The minimum atomic E-state index is 0.639. The molecule has 4 heteroatoms. The van der Waals surface area contributed by atoms with Gasteiger partial charge in [-0.2, -0.15) is 0 Å². The molecule has 0 saturated heterocycles. The number of nitrogens with zero attached hydrogens (tertiary/aromatic N) is 3. The quantitative estimate of drug-likeness (QED) is 0.890. The maximum atomic E-state index is 5.65. The molecule has 4 nitrogen and oxygen atoms in total. The Hall–Kier alpha value is -1.78. The van der Waals surface area contributed by atoms with Crippen molar-refractivity contribution >= 4 is 0 Å². The number of hydrogen-bond acceptors (Lipinski definition) is 4. The predicted molar refractivity (Wildman–Crippen MR) is 92.2 cm³/mol. The van der Waals surface area contributed by atoms with Gasteiger partial charge in [0, 0.05) is 38.6 Å². The number of nitrogens with two attached hydrogens (primary N) is 1. The second-order valence-corrected chi connectivity index (χ2v) is 5.87. The fraction of sp³-hybridized carbons (Fsp3) is 0.444. The van der Waals surface area contributed by atoms with Gasteiger partial charge >= 0.3 is 0 Å². The van der Waals surface area contributed by atoms with E-state index in [1.807, 2.05) is 48.8 Å². The molecule has 0 spiro atoms. The molecule has 22 heavy (non-hydrogen) atoms. The lowest BCUT2D eigenvalue weighted by molar-refractivity contribution is 0.258. The Morgan fingerprint density at radius 3 is 1.68 bits per heavy atom. The molecule has 2 N–H and O–H groups in total. The van der Waals surface area contributed by atoms with Crippen molar-refractivity contribution in [1.82, 2.24) is 14.9 Å². The third kappa shape index (κ3) is 8.49. The van der Waals surface area contributed by atoms with E-state index in [-0.39, 0.29) is 0 Å². The van der Waals surface area contributed by atoms with Crippen molar-refractivity contribution in [3.05, 3.63) is 60.2 Å². The molecule has 2 heterocycles. The van der Waals surface area contributed by atoms with E-state index in [0.717, 1.165) is 36.9 Å². The Kier molecular flexibility index (Phi) is 9.03. The summed E-state index contributed by atoms with van der Waals surface area (Å²) < 4.78 is 0. The molecule has 0 bridgehead atoms. The maximum absolute atomic E-state index is 5.65. The maximum Gasteiger partial charge on any atom is 0.0544 e. The highest BCUT2D eigenvalue weighted by atomic mass is 15.1. The van der Waals surface area contributed by atoms with Crippen LogP contribution >= 0.6 is 0 Å². The summed E-state index contributed by atoms with van der Waals surface area (Å²) in [6.45, 7) is 9.58. The van der Waals surface area contributed by atoms with Gasteiger partial charge in [-0.1, -0.05) is 32.9 Å². The second-order valence-electron chi connectivity index (χ2n) is 5.87. The Morgan fingerprint density at radius 2 is 1.36 bits per heavy atom. The summed E-state index contributed by atoms with van der Waals surface area (Å²) in [7, 11) is 0. The zero-order valence-corrected chi connectivity index (χ0v) is 13.9. The minimum Gasteiger partial charge on any atom is -0.329 e. The van der Waals surface area contributed by atoms with Gasteiger partial charge in [-0.15, -0.1) is 0 Å². The normalized spacial score (nSPS) is 10.5. The first-order chi connectivity index (χ1) is 10.6. The fourth-order valence-electron chi connectivity index (χ4n) is 1.84. The molecule has 0 aromatic carbocycles. The van der Waals surface area contributed by atoms with Crippen molar-refractivity contribution in [3.63, 3.8) is 0 Å². The lowest BCUT2D eigenvalue weighted by Gasteiger charge is -2.20. The first-order valence-corrected chi connectivity index (χ1v) is 7.84.